The lowest BCUT2D eigenvalue weighted by molar-refractivity contribution is 0.569. The predicted molar refractivity (Wildman–Crippen MR) is 24.0 cm³/mol. The van der Waals surface area contributed by atoms with Gasteiger partial charge in [-0.2, -0.15) is 0 Å². The highest BCUT2D eigenvalue weighted by molar-refractivity contribution is 5.48. The molecule has 0 aliphatic rings. The van der Waals surface area contributed by atoms with Crippen molar-refractivity contribution in [1.29, 1.82) is 0 Å². The van der Waals surface area contributed by atoms with Crippen molar-refractivity contribution in [3.05, 3.63) is 24.5 Å². The van der Waals surface area contributed by atoms with Gasteiger partial charge in [0.2, 0.25) is 0 Å². The maximum absolute atomic E-state index is 9.28. The zero-order chi connectivity index (χ0) is 4.83. The van der Waals surface area contributed by atoms with Crippen molar-refractivity contribution in [3.63, 3.8) is 0 Å². The number of rotatable bonds is 1. The second kappa shape index (κ2) is 3.97. The van der Waals surface area contributed by atoms with E-state index in [1.807, 2.05) is 0 Å². The molecule has 6 heavy (non-hydrogen) atoms. The molecule has 0 aromatic rings. The van der Waals surface area contributed by atoms with Crippen LogP contribution in [0.4, 0.5) is 0 Å². The van der Waals surface area contributed by atoms with Gasteiger partial charge in [0.05, 0.1) is 0 Å². The molecule has 0 spiro atoms. The maximum Gasteiger partial charge on any atom is 0.125 e. The quantitative estimate of drug-likeness (QED) is 0.257. The van der Waals surface area contributed by atoms with E-state index in [2.05, 4.69) is 12.3 Å². The number of carbonyl (C=O) groups excluding carboxylic acids is 1. The van der Waals surface area contributed by atoms with E-state index in [0.717, 1.165) is 0 Å². The first-order chi connectivity index (χ1) is 2.91. The van der Waals surface area contributed by atoms with Crippen molar-refractivity contribution in [2.24, 2.45) is 0 Å². The van der Waals surface area contributed by atoms with Gasteiger partial charge in [0.25, 0.3) is 0 Å². The van der Waals surface area contributed by atoms with Crippen molar-refractivity contribution >= 4 is 5.94 Å². The number of allylic oxidation sites excluding steroid dienone is 2. The Morgan fingerprint density at radius 1 is 1.50 bits per heavy atom. The first-order valence-corrected chi connectivity index (χ1v) is 1.47. The van der Waals surface area contributed by atoms with Gasteiger partial charge in [0, 0.05) is 6.08 Å². The molecule has 30 valence electrons. The summed E-state index contributed by atoms with van der Waals surface area (Å²) in [7, 11) is 0. The van der Waals surface area contributed by atoms with E-state index in [0.29, 0.717) is 0 Å². The normalized spacial score (nSPS) is 4.67. The van der Waals surface area contributed by atoms with E-state index in [-0.39, 0.29) is 0 Å². The first-order valence-electron chi connectivity index (χ1n) is 1.47. The number of hydrogen-bond acceptors (Lipinski definition) is 1. The van der Waals surface area contributed by atoms with Gasteiger partial charge >= 0.3 is 0 Å². The molecule has 0 bridgehead atoms. The summed E-state index contributed by atoms with van der Waals surface area (Å²) in [4.78, 5) is 9.28. The Morgan fingerprint density at radius 2 is 2.17 bits per heavy atom. The topological polar surface area (TPSA) is 17.1 Å². The van der Waals surface area contributed by atoms with Gasteiger partial charge in [-0.25, -0.2) is 4.79 Å². The fourth-order valence-electron chi connectivity index (χ4n) is 0.0929. The minimum absolute atomic E-state index is 1.20. The summed E-state index contributed by atoms with van der Waals surface area (Å²) < 4.78 is 0. The molecule has 0 atom stereocenters. The lowest BCUT2D eigenvalue weighted by atomic mass is 10.6. The van der Waals surface area contributed by atoms with E-state index in [9.17, 15) is 4.79 Å². The van der Waals surface area contributed by atoms with Crippen molar-refractivity contribution in [2.45, 2.75) is 0 Å². The molecule has 0 heterocycles. The number of hydrogen-bond donors (Lipinski definition) is 0. The molecular formula is C5H4O. The third-order valence-electron chi connectivity index (χ3n) is 0.269. The summed E-state index contributed by atoms with van der Waals surface area (Å²) in [6.45, 7) is 3.21. The smallest absolute Gasteiger partial charge is 0.125 e. The van der Waals surface area contributed by atoms with Crippen LogP contribution < -0.4 is 0 Å². The second-order valence-electron chi connectivity index (χ2n) is 0.655. The Morgan fingerprint density at radius 3 is 2.33 bits per heavy atom. The Bertz CT molecular complexity index is 95.9. The lowest BCUT2D eigenvalue weighted by Gasteiger charge is -1.46. The predicted octanol–water partition coefficient (Wildman–Crippen LogP) is 0.715. The van der Waals surface area contributed by atoms with Crippen LogP contribution in [0.15, 0.2) is 24.5 Å². The molecule has 0 amide bonds. The van der Waals surface area contributed by atoms with Crippen molar-refractivity contribution < 1.29 is 4.79 Å². The molecule has 0 saturated heterocycles. The Hall–Kier alpha value is -1.03. The summed E-state index contributed by atoms with van der Waals surface area (Å²) in [6.07, 6.45) is 2.60. The molecule has 0 radical (unpaired) electrons. The van der Waals surface area contributed by atoms with E-state index in [1.54, 1.807) is 0 Å². The van der Waals surface area contributed by atoms with E-state index in [1.165, 1.54) is 18.1 Å². The van der Waals surface area contributed by atoms with Gasteiger partial charge in [-0.15, -0.1) is 5.73 Å². The average Bonchev–Trinajstić information content (AvgIpc) is 1.61. The zero-order valence-electron chi connectivity index (χ0n) is 3.27. The molecule has 0 aliphatic carbocycles. The highest BCUT2D eigenvalue weighted by atomic mass is 16.1. The zero-order valence-corrected chi connectivity index (χ0v) is 3.27. The first kappa shape index (κ1) is 4.97. The van der Waals surface area contributed by atoms with Crippen LogP contribution in [0.2, 0.25) is 0 Å². The highest BCUT2D eigenvalue weighted by Crippen LogP contribution is 1.56. The third kappa shape index (κ3) is 2.97. The van der Waals surface area contributed by atoms with Crippen molar-refractivity contribution in [2.75, 3.05) is 0 Å². The molecule has 0 aliphatic heterocycles. The second-order valence-corrected chi connectivity index (χ2v) is 0.655. The molecule has 0 fully saturated rings. The monoisotopic (exact) mass is 80.0 g/mol. The standard InChI is InChI=1S/C5H4O/c1-2-3-4-5-6/h3-4H,1H2. The molecule has 0 aromatic heterocycles. The van der Waals surface area contributed by atoms with Crippen LogP contribution in [-0.4, -0.2) is 5.94 Å². The fourth-order valence-corrected chi connectivity index (χ4v) is 0.0929. The van der Waals surface area contributed by atoms with Gasteiger partial charge in [-0.1, -0.05) is 6.58 Å². The summed E-state index contributed by atoms with van der Waals surface area (Å²) in [6, 6.07) is 0. The summed E-state index contributed by atoms with van der Waals surface area (Å²) in [5.41, 5.74) is 2.38. The molecule has 0 aromatic carbocycles. The van der Waals surface area contributed by atoms with Crippen LogP contribution in [0, 0.1) is 0 Å². The van der Waals surface area contributed by atoms with Gasteiger partial charge in [-0.3, -0.25) is 0 Å². The molecule has 0 N–H and O–H groups in total. The minimum Gasteiger partial charge on any atom is -0.233 e. The van der Waals surface area contributed by atoms with E-state index in [4.69, 9.17) is 0 Å². The van der Waals surface area contributed by atoms with Crippen LogP contribution >= 0.6 is 0 Å². The Labute approximate surface area is 36.3 Å². The van der Waals surface area contributed by atoms with Crippen LogP contribution in [0.3, 0.4) is 0 Å². The largest absolute Gasteiger partial charge is 0.233 e. The highest BCUT2D eigenvalue weighted by Gasteiger charge is 1.46. The van der Waals surface area contributed by atoms with Gasteiger partial charge in [-0.05, 0) is 6.08 Å². The minimum atomic E-state index is 1.20. The van der Waals surface area contributed by atoms with Crippen molar-refractivity contribution in [1.82, 2.24) is 0 Å². The van der Waals surface area contributed by atoms with Gasteiger partial charge < -0.3 is 0 Å². The average molecular weight is 80.1 g/mol. The lowest BCUT2D eigenvalue weighted by Crippen LogP contribution is -1.40. The molecule has 0 unspecified atom stereocenters. The summed E-state index contributed by atoms with van der Waals surface area (Å²) in [5, 5.41) is 0. The van der Waals surface area contributed by atoms with Gasteiger partial charge in [0.1, 0.15) is 5.94 Å². The van der Waals surface area contributed by atoms with E-state index >= 15 is 0 Å². The molecular weight excluding hydrogens is 76.1 g/mol. The maximum atomic E-state index is 9.28. The van der Waals surface area contributed by atoms with E-state index < -0.39 is 0 Å². The molecule has 1 nitrogen and oxygen atoms in total. The van der Waals surface area contributed by atoms with Crippen LogP contribution in [0.25, 0.3) is 0 Å². The van der Waals surface area contributed by atoms with Crippen LogP contribution in [0.5, 0.6) is 0 Å². The molecule has 1 heteroatoms. The summed E-state index contributed by atoms with van der Waals surface area (Å²) >= 11 is 0. The van der Waals surface area contributed by atoms with Crippen LogP contribution in [0.1, 0.15) is 0 Å². The Balaban J connectivity index is 3.64. The molecule has 0 rings (SSSR count). The third-order valence-corrected chi connectivity index (χ3v) is 0.269. The Kier molecular flexibility index (Phi) is 3.29. The fraction of sp³-hybridized carbons (Fsp3) is 0. The van der Waals surface area contributed by atoms with Gasteiger partial charge in [0.15, 0.2) is 0 Å². The SMILES string of the molecule is C=C=CC=C=O. The summed E-state index contributed by atoms with van der Waals surface area (Å²) in [5.74, 6) is 1.54. The van der Waals surface area contributed by atoms with Crippen LogP contribution in [-0.2, 0) is 4.79 Å². The molecule has 0 saturated carbocycles. The van der Waals surface area contributed by atoms with Crippen molar-refractivity contribution in [3.8, 4) is 0 Å².